The molecule has 0 saturated heterocycles. The number of para-hydroxylation sites is 1. The molecule has 0 radical (unpaired) electrons. The van der Waals surface area contributed by atoms with Crippen LogP contribution in [0.5, 0.6) is 0 Å². The molecule has 5 heteroatoms. The lowest BCUT2D eigenvalue weighted by atomic mass is 9.92. The summed E-state index contributed by atoms with van der Waals surface area (Å²) in [7, 11) is -3.75. The highest BCUT2D eigenvalue weighted by molar-refractivity contribution is 7.90. The molecule has 0 N–H and O–H groups in total. The van der Waals surface area contributed by atoms with Crippen molar-refractivity contribution < 1.29 is 13.2 Å². The van der Waals surface area contributed by atoms with Gasteiger partial charge in [0.05, 0.1) is 10.4 Å². The number of fused-ring (bicyclic) bond motifs is 1. The summed E-state index contributed by atoms with van der Waals surface area (Å²) in [6.45, 7) is 1.86. The molecule has 0 spiro atoms. The fourth-order valence-corrected chi connectivity index (χ4v) is 5.13. The van der Waals surface area contributed by atoms with Crippen LogP contribution in [0.3, 0.4) is 0 Å². The monoisotopic (exact) mass is 417 g/mol. The summed E-state index contributed by atoms with van der Waals surface area (Å²) >= 11 is 0. The minimum Gasteiger partial charge on any atom is -0.299 e. The topological polar surface area (TPSA) is 56.1 Å². The molecule has 4 nitrogen and oxygen atoms in total. The van der Waals surface area contributed by atoms with E-state index in [1.807, 2.05) is 55.5 Å². The Morgan fingerprint density at radius 2 is 1.47 bits per heavy atom. The van der Waals surface area contributed by atoms with Crippen LogP contribution in [0.25, 0.3) is 10.9 Å². The van der Waals surface area contributed by atoms with Crippen LogP contribution in [-0.4, -0.2) is 18.2 Å². The first kappa shape index (κ1) is 20.1. The number of carbonyl (C=O) groups is 1. The fourth-order valence-electron chi connectivity index (χ4n) is 3.73. The minimum atomic E-state index is -3.75. The van der Waals surface area contributed by atoms with E-state index in [0.29, 0.717) is 18.4 Å². The summed E-state index contributed by atoms with van der Waals surface area (Å²) in [5, 5.41) is 0.789. The highest BCUT2D eigenvalue weighted by Crippen LogP contribution is 2.31. The number of rotatable bonds is 7. The summed E-state index contributed by atoms with van der Waals surface area (Å²) in [6, 6.07) is 25.6. The van der Waals surface area contributed by atoms with Crippen LogP contribution in [0.4, 0.5) is 0 Å². The Morgan fingerprint density at radius 3 is 2.17 bits per heavy atom. The smallest absolute Gasteiger partial charge is 0.268 e. The van der Waals surface area contributed by atoms with Gasteiger partial charge in [-0.25, -0.2) is 12.4 Å². The first-order valence-electron chi connectivity index (χ1n) is 9.96. The van der Waals surface area contributed by atoms with E-state index in [1.165, 1.54) is 3.97 Å². The van der Waals surface area contributed by atoms with E-state index < -0.39 is 15.9 Å². The standard InChI is InChI=1S/C25H23NO3S/c1-19(25(27)17-16-20-10-4-2-5-11-20)23-18-26(24-15-9-8-14-22(23)24)30(28,29)21-12-6-3-7-13-21/h2-15,18-19H,16-17H2,1H3/t19-/m0/s1. The molecular weight excluding hydrogens is 394 g/mol. The number of benzene rings is 3. The highest BCUT2D eigenvalue weighted by atomic mass is 32.2. The lowest BCUT2D eigenvalue weighted by Gasteiger charge is -2.10. The maximum Gasteiger partial charge on any atom is 0.268 e. The molecule has 0 unspecified atom stereocenters. The molecule has 4 rings (SSSR count). The maximum atomic E-state index is 13.2. The molecule has 0 aliphatic heterocycles. The van der Waals surface area contributed by atoms with Crippen molar-refractivity contribution in [3.8, 4) is 0 Å². The van der Waals surface area contributed by atoms with Crippen LogP contribution in [-0.2, 0) is 21.2 Å². The van der Waals surface area contributed by atoms with Crippen molar-refractivity contribution in [2.24, 2.45) is 0 Å². The number of hydrogen-bond donors (Lipinski definition) is 0. The Labute approximate surface area is 176 Å². The molecule has 0 fully saturated rings. The van der Waals surface area contributed by atoms with Gasteiger partial charge < -0.3 is 0 Å². The molecule has 1 heterocycles. The second-order valence-electron chi connectivity index (χ2n) is 7.39. The number of Topliss-reactive ketones (excluding diaryl/α,β-unsaturated/α-hetero) is 1. The molecule has 152 valence electrons. The molecule has 0 saturated carbocycles. The van der Waals surface area contributed by atoms with Gasteiger partial charge in [-0.1, -0.05) is 73.7 Å². The Morgan fingerprint density at radius 1 is 0.867 bits per heavy atom. The summed E-state index contributed by atoms with van der Waals surface area (Å²) in [5.41, 5.74) is 2.44. The number of aromatic nitrogens is 1. The number of aryl methyl sites for hydroxylation is 1. The van der Waals surface area contributed by atoms with Crippen LogP contribution in [0, 0.1) is 0 Å². The molecule has 0 aliphatic carbocycles. The van der Waals surface area contributed by atoms with E-state index in [4.69, 9.17) is 0 Å². The second kappa shape index (κ2) is 8.28. The lowest BCUT2D eigenvalue weighted by molar-refractivity contribution is -0.120. The SMILES string of the molecule is C[C@H](C(=O)CCc1ccccc1)c1cn(S(=O)(=O)c2ccccc2)c2ccccc12. The van der Waals surface area contributed by atoms with Crippen molar-refractivity contribution in [2.45, 2.75) is 30.6 Å². The van der Waals surface area contributed by atoms with E-state index in [2.05, 4.69) is 0 Å². The van der Waals surface area contributed by atoms with E-state index in [-0.39, 0.29) is 10.7 Å². The minimum absolute atomic E-state index is 0.0962. The predicted octanol–water partition coefficient (Wildman–Crippen LogP) is 5.18. The summed E-state index contributed by atoms with van der Waals surface area (Å²) < 4.78 is 27.8. The van der Waals surface area contributed by atoms with E-state index in [1.54, 1.807) is 42.6 Å². The van der Waals surface area contributed by atoms with Gasteiger partial charge in [-0.05, 0) is 35.7 Å². The average molecular weight is 418 g/mol. The van der Waals surface area contributed by atoms with Crippen molar-refractivity contribution in [2.75, 3.05) is 0 Å². The highest BCUT2D eigenvalue weighted by Gasteiger charge is 2.25. The predicted molar refractivity (Wildman–Crippen MR) is 119 cm³/mol. The van der Waals surface area contributed by atoms with Gasteiger partial charge >= 0.3 is 0 Å². The van der Waals surface area contributed by atoms with Gasteiger partial charge in [-0.15, -0.1) is 0 Å². The third-order valence-corrected chi connectivity index (χ3v) is 7.15. The molecule has 1 atom stereocenters. The fraction of sp³-hybridized carbons (Fsp3) is 0.160. The number of carbonyl (C=O) groups excluding carboxylic acids is 1. The maximum absolute atomic E-state index is 13.2. The van der Waals surface area contributed by atoms with Crippen LogP contribution in [0.1, 0.15) is 30.4 Å². The largest absolute Gasteiger partial charge is 0.299 e. The molecular formula is C25H23NO3S. The molecule has 0 bridgehead atoms. The van der Waals surface area contributed by atoms with Crippen molar-refractivity contribution >= 4 is 26.7 Å². The third kappa shape index (κ3) is 3.81. The molecule has 3 aromatic carbocycles. The lowest BCUT2D eigenvalue weighted by Crippen LogP contribution is -2.12. The Bertz CT molecular complexity index is 1280. The molecule has 4 aromatic rings. The van der Waals surface area contributed by atoms with Crippen LogP contribution >= 0.6 is 0 Å². The normalized spacial score (nSPS) is 12.7. The van der Waals surface area contributed by atoms with Crippen molar-refractivity contribution in [1.29, 1.82) is 0 Å². The van der Waals surface area contributed by atoms with Crippen molar-refractivity contribution in [3.05, 3.63) is 102 Å². The third-order valence-electron chi connectivity index (χ3n) is 5.46. The first-order valence-corrected chi connectivity index (χ1v) is 11.4. The summed E-state index contributed by atoms with van der Waals surface area (Å²) in [4.78, 5) is 13.2. The van der Waals surface area contributed by atoms with Gasteiger partial charge in [0.25, 0.3) is 10.0 Å². The molecule has 0 aliphatic rings. The Hall–Kier alpha value is -3.18. The van der Waals surface area contributed by atoms with Gasteiger partial charge in [-0.3, -0.25) is 4.79 Å². The van der Waals surface area contributed by atoms with Crippen molar-refractivity contribution in [1.82, 2.24) is 3.97 Å². The summed E-state index contributed by atoms with van der Waals surface area (Å²) in [5.74, 6) is -0.301. The van der Waals surface area contributed by atoms with E-state index in [0.717, 1.165) is 16.5 Å². The zero-order chi connectivity index (χ0) is 21.1. The number of hydrogen-bond acceptors (Lipinski definition) is 3. The van der Waals surface area contributed by atoms with Gasteiger partial charge in [0, 0.05) is 23.9 Å². The average Bonchev–Trinajstić information content (AvgIpc) is 3.19. The van der Waals surface area contributed by atoms with Crippen LogP contribution < -0.4 is 0 Å². The van der Waals surface area contributed by atoms with Gasteiger partial charge in [0.1, 0.15) is 5.78 Å². The van der Waals surface area contributed by atoms with Crippen LogP contribution in [0.2, 0.25) is 0 Å². The number of ketones is 1. The quantitative estimate of drug-likeness (QED) is 0.416. The zero-order valence-corrected chi connectivity index (χ0v) is 17.5. The molecule has 1 aromatic heterocycles. The van der Waals surface area contributed by atoms with Crippen molar-refractivity contribution in [3.63, 3.8) is 0 Å². The second-order valence-corrected chi connectivity index (χ2v) is 9.20. The summed E-state index contributed by atoms with van der Waals surface area (Å²) in [6.07, 6.45) is 2.69. The van der Waals surface area contributed by atoms with E-state index >= 15 is 0 Å². The van der Waals surface area contributed by atoms with Gasteiger partial charge in [0.2, 0.25) is 0 Å². The Balaban J connectivity index is 1.69. The van der Waals surface area contributed by atoms with Gasteiger partial charge in [0.15, 0.2) is 0 Å². The molecule has 0 amide bonds. The van der Waals surface area contributed by atoms with Gasteiger partial charge in [-0.2, -0.15) is 0 Å². The molecule has 30 heavy (non-hydrogen) atoms. The number of nitrogens with zero attached hydrogens (tertiary/aromatic N) is 1. The van der Waals surface area contributed by atoms with Crippen LogP contribution in [0.15, 0.2) is 96.0 Å². The zero-order valence-electron chi connectivity index (χ0n) is 16.7. The Kier molecular flexibility index (Phi) is 5.55. The van der Waals surface area contributed by atoms with E-state index in [9.17, 15) is 13.2 Å². The first-order chi connectivity index (χ1) is 14.5.